The maximum Gasteiger partial charge on any atom is 0.253 e. The first-order valence-corrected chi connectivity index (χ1v) is 10.1. The molecule has 1 heterocycles. The third kappa shape index (κ3) is 4.94. The van der Waals surface area contributed by atoms with Crippen LogP contribution in [0, 0.1) is 0 Å². The zero-order chi connectivity index (χ0) is 17.2. The summed E-state index contributed by atoms with van der Waals surface area (Å²) < 4.78 is 27.9. The number of carbonyl (C=O) groups excluding carboxylic acids is 1. The Hall–Kier alpha value is -1.15. The summed E-state index contributed by atoms with van der Waals surface area (Å²) in [6, 6.07) is 6.63. The van der Waals surface area contributed by atoms with Crippen molar-refractivity contribution in [3.8, 4) is 0 Å². The lowest BCUT2D eigenvalue weighted by molar-refractivity contribution is 0.0709. The van der Waals surface area contributed by atoms with E-state index in [-0.39, 0.29) is 35.3 Å². The Labute approximate surface area is 155 Å². The van der Waals surface area contributed by atoms with Gasteiger partial charge in [-0.25, -0.2) is 13.1 Å². The summed E-state index contributed by atoms with van der Waals surface area (Å²) in [5.74, 6) is -0.110. The van der Waals surface area contributed by atoms with Gasteiger partial charge in [-0.15, -0.1) is 12.4 Å². The molecule has 140 valence electrons. The van der Waals surface area contributed by atoms with Crippen LogP contribution in [0.3, 0.4) is 0 Å². The molecule has 1 saturated carbocycles. The van der Waals surface area contributed by atoms with Crippen molar-refractivity contribution >= 4 is 28.3 Å². The summed E-state index contributed by atoms with van der Waals surface area (Å²) in [6.45, 7) is 4.07. The van der Waals surface area contributed by atoms with Crippen LogP contribution in [-0.2, 0) is 10.0 Å². The molecule has 1 aliphatic carbocycles. The number of nitrogens with one attached hydrogen (secondary N) is 2. The molecule has 1 aromatic carbocycles. The molecule has 3 rings (SSSR count). The smallest absolute Gasteiger partial charge is 0.253 e. The summed E-state index contributed by atoms with van der Waals surface area (Å²) in [5, 5.41) is 3.29. The number of piperazine rings is 1. The first-order valence-electron chi connectivity index (χ1n) is 8.61. The average Bonchev–Trinajstić information content (AvgIpc) is 3.06. The highest BCUT2D eigenvalue weighted by Gasteiger charge is 2.25. The summed E-state index contributed by atoms with van der Waals surface area (Å²) in [6.07, 6.45) is 3.90. The van der Waals surface area contributed by atoms with Gasteiger partial charge in [0.1, 0.15) is 0 Å². The molecule has 1 atom stereocenters. The molecule has 1 saturated heterocycles. The van der Waals surface area contributed by atoms with Gasteiger partial charge in [-0.1, -0.05) is 18.9 Å². The lowest BCUT2D eigenvalue weighted by atomic mass is 10.1. The van der Waals surface area contributed by atoms with E-state index in [1.807, 2.05) is 6.92 Å². The Morgan fingerprint density at radius 2 is 2.00 bits per heavy atom. The molecule has 25 heavy (non-hydrogen) atoms. The number of carbonyl (C=O) groups is 1. The molecule has 1 aromatic rings. The van der Waals surface area contributed by atoms with Crippen LogP contribution in [0.5, 0.6) is 0 Å². The van der Waals surface area contributed by atoms with Crippen LogP contribution in [0.4, 0.5) is 0 Å². The van der Waals surface area contributed by atoms with Crippen LogP contribution >= 0.6 is 12.4 Å². The zero-order valence-electron chi connectivity index (χ0n) is 14.4. The van der Waals surface area contributed by atoms with Crippen LogP contribution in [0.1, 0.15) is 43.0 Å². The van der Waals surface area contributed by atoms with Crippen molar-refractivity contribution in [3.63, 3.8) is 0 Å². The Bertz CT molecular complexity index is 705. The second kappa shape index (κ2) is 8.49. The van der Waals surface area contributed by atoms with E-state index in [9.17, 15) is 13.2 Å². The lowest BCUT2D eigenvalue weighted by Crippen LogP contribution is -2.51. The average molecular weight is 388 g/mol. The number of nitrogens with zero attached hydrogens (tertiary/aromatic N) is 1. The fourth-order valence-corrected chi connectivity index (χ4v) is 4.78. The second-order valence-corrected chi connectivity index (χ2v) is 8.45. The van der Waals surface area contributed by atoms with Gasteiger partial charge in [0.05, 0.1) is 4.90 Å². The summed E-state index contributed by atoms with van der Waals surface area (Å²) >= 11 is 0. The van der Waals surface area contributed by atoms with Gasteiger partial charge in [0.15, 0.2) is 0 Å². The molecule has 0 bridgehead atoms. The summed E-state index contributed by atoms with van der Waals surface area (Å²) in [4.78, 5) is 14.6. The minimum absolute atomic E-state index is 0. The SMILES string of the molecule is CC1CN(C(=O)c2cccc(S(=O)(=O)NC3CCCC3)c2)CCN1.Cl. The Kier molecular flexibility index (Phi) is 6.85. The molecule has 1 aliphatic heterocycles. The van der Waals surface area contributed by atoms with Gasteiger partial charge in [-0.2, -0.15) is 0 Å². The monoisotopic (exact) mass is 387 g/mol. The fraction of sp³-hybridized carbons (Fsp3) is 0.588. The van der Waals surface area contributed by atoms with E-state index in [4.69, 9.17) is 0 Å². The van der Waals surface area contributed by atoms with Crippen LogP contribution in [0.15, 0.2) is 29.2 Å². The van der Waals surface area contributed by atoms with Gasteiger partial charge in [0, 0.05) is 37.3 Å². The normalized spacial score (nSPS) is 21.8. The van der Waals surface area contributed by atoms with Crippen molar-refractivity contribution in [1.29, 1.82) is 0 Å². The number of hydrogen-bond acceptors (Lipinski definition) is 4. The van der Waals surface area contributed by atoms with Gasteiger partial charge in [0.2, 0.25) is 10.0 Å². The fourth-order valence-electron chi connectivity index (χ4n) is 3.43. The molecule has 0 spiro atoms. The van der Waals surface area contributed by atoms with Crippen molar-refractivity contribution in [2.24, 2.45) is 0 Å². The van der Waals surface area contributed by atoms with E-state index in [1.54, 1.807) is 23.1 Å². The standard InChI is InChI=1S/C17H25N3O3S.ClH/c1-13-12-20(10-9-18-13)17(21)14-5-4-8-16(11-14)24(22,23)19-15-6-2-3-7-15;/h4-5,8,11,13,15,18-19H,2-3,6-7,9-10,12H2,1H3;1H. The van der Waals surface area contributed by atoms with Gasteiger partial charge in [-0.05, 0) is 38.0 Å². The first kappa shape index (κ1) is 20.2. The quantitative estimate of drug-likeness (QED) is 0.825. The van der Waals surface area contributed by atoms with E-state index in [0.29, 0.717) is 18.7 Å². The van der Waals surface area contributed by atoms with E-state index >= 15 is 0 Å². The van der Waals surface area contributed by atoms with Crippen molar-refractivity contribution in [2.75, 3.05) is 19.6 Å². The van der Waals surface area contributed by atoms with Crippen molar-refractivity contribution in [1.82, 2.24) is 14.9 Å². The highest BCUT2D eigenvalue weighted by molar-refractivity contribution is 7.89. The minimum Gasteiger partial charge on any atom is -0.336 e. The molecular weight excluding hydrogens is 362 g/mol. The molecule has 6 nitrogen and oxygen atoms in total. The maximum atomic E-state index is 12.7. The highest BCUT2D eigenvalue weighted by atomic mass is 35.5. The first-order chi connectivity index (χ1) is 11.5. The molecule has 2 fully saturated rings. The Morgan fingerprint density at radius 3 is 2.68 bits per heavy atom. The second-order valence-electron chi connectivity index (χ2n) is 6.74. The molecule has 8 heteroatoms. The van der Waals surface area contributed by atoms with Gasteiger partial charge >= 0.3 is 0 Å². The predicted octanol–water partition coefficient (Wildman–Crippen LogP) is 1.76. The van der Waals surface area contributed by atoms with Crippen LogP contribution in [0.25, 0.3) is 0 Å². The molecule has 2 N–H and O–H groups in total. The number of sulfonamides is 1. The molecule has 0 aromatic heterocycles. The van der Waals surface area contributed by atoms with Gasteiger partial charge in [-0.3, -0.25) is 4.79 Å². The maximum absolute atomic E-state index is 12.7. The topological polar surface area (TPSA) is 78.5 Å². The summed E-state index contributed by atoms with van der Waals surface area (Å²) in [5.41, 5.74) is 0.429. The minimum atomic E-state index is -3.57. The van der Waals surface area contributed by atoms with Gasteiger partial charge < -0.3 is 10.2 Å². The third-order valence-corrected chi connectivity index (χ3v) is 6.24. The van der Waals surface area contributed by atoms with Crippen LogP contribution < -0.4 is 10.0 Å². The zero-order valence-corrected chi connectivity index (χ0v) is 16.0. The van der Waals surface area contributed by atoms with Crippen LogP contribution in [0.2, 0.25) is 0 Å². The van der Waals surface area contributed by atoms with Crippen molar-refractivity contribution < 1.29 is 13.2 Å². The Balaban J connectivity index is 0.00000225. The molecule has 1 unspecified atom stereocenters. The van der Waals surface area contributed by atoms with E-state index in [1.165, 1.54) is 6.07 Å². The van der Waals surface area contributed by atoms with Crippen molar-refractivity contribution in [3.05, 3.63) is 29.8 Å². The third-order valence-electron chi connectivity index (χ3n) is 4.72. The number of hydrogen-bond donors (Lipinski definition) is 2. The molecular formula is C17H26ClN3O3S. The van der Waals surface area contributed by atoms with Crippen molar-refractivity contribution in [2.45, 2.75) is 49.6 Å². The van der Waals surface area contributed by atoms with E-state index < -0.39 is 10.0 Å². The highest BCUT2D eigenvalue weighted by Crippen LogP contribution is 2.21. The molecule has 2 aliphatic rings. The van der Waals surface area contributed by atoms with Crippen LogP contribution in [-0.4, -0.2) is 50.9 Å². The Morgan fingerprint density at radius 1 is 1.28 bits per heavy atom. The molecule has 1 amide bonds. The summed E-state index contributed by atoms with van der Waals surface area (Å²) in [7, 11) is -3.57. The van der Waals surface area contributed by atoms with E-state index in [0.717, 1.165) is 32.2 Å². The largest absolute Gasteiger partial charge is 0.336 e. The van der Waals surface area contributed by atoms with E-state index in [2.05, 4.69) is 10.0 Å². The predicted molar refractivity (Wildman–Crippen MR) is 99.6 cm³/mol. The van der Waals surface area contributed by atoms with Gasteiger partial charge in [0.25, 0.3) is 5.91 Å². The number of benzene rings is 1. The number of rotatable bonds is 4. The molecule has 0 radical (unpaired) electrons. The number of halogens is 1. The lowest BCUT2D eigenvalue weighted by Gasteiger charge is -2.32. The number of amides is 1.